The van der Waals surface area contributed by atoms with Gasteiger partial charge in [-0.05, 0) is 12.8 Å². The smallest absolute Gasteiger partial charge is 0.245 e. The van der Waals surface area contributed by atoms with Crippen molar-refractivity contribution in [2.75, 3.05) is 32.8 Å². The molecular formula is C13H22N2O3. The molecule has 1 atom stereocenters. The second kappa shape index (κ2) is 5.69. The van der Waals surface area contributed by atoms with Gasteiger partial charge in [0.2, 0.25) is 11.8 Å². The first-order chi connectivity index (χ1) is 8.61. The van der Waals surface area contributed by atoms with Gasteiger partial charge in [-0.25, -0.2) is 0 Å². The summed E-state index contributed by atoms with van der Waals surface area (Å²) in [6.45, 7) is 7.01. The number of likely N-dealkylation sites (tertiary alicyclic amines) is 1. The minimum atomic E-state index is -0.238. The maximum atomic E-state index is 12.4. The SMILES string of the molecule is CC(C)C(=O)N1CCC[C@H]1C(=O)N1CCOCC1. The Morgan fingerprint density at radius 3 is 2.44 bits per heavy atom. The van der Waals surface area contributed by atoms with Crippen molar-refractivity contribution in [2.45, 2.75) is 32.7 Å². The zero-order valence-corrected chi connectivity index (χ0v) is 11.2. The van der Waals surface area contributed by atoms with Gasteiger partial charge in [0.25, 0.3) is 0 Å². The molecular weight excluding hydrogens is 232 g/mol. The lowest BCUT2D eigenvalue weighted by Gasteiger charge is -2.33. The zero-order chi connectivity index (χ0) is 13.1. The summed E-state index contributed by atoms with van der Waals surface area (Å²) >= 11 is 0. The predicted octanol–water partition coefficient (Wildman–Crippen LogP) is 0.492. The molecule has 0 radical (unpaired) electrons. The third kappa shape index (κ3) is 2.66. The molecule has 5 heteroatoms. The van der Waals surface area contributed by atoms with E-state index in [1.807, 2.05) is 18.7 Å². The van der Waals surface area contributed by atoms with E-state index in [-0.39, 0.29) is 23.8 Å². The first-order valence-electron chi connectivity index (χ1n) is 6.78. The quantitative estimate of drug-likeness (QED) is 0.720. The molecule has 0 N–H and O–H groups in total. The van der Waals surface area contributed by atoms with Crippen molar-refractivity contribution in [1.29, 1.82) is 0 Å². The maximum Gasteiger partial charge on any atom is 0.245 e. The van der Waals surface area contributed by atoms with E-state index >= 15 is 0 Å². The molecule has 2 aliphatic heterocycles. The number of hydrogen-bond donors (Lipinski definition) is 0. The Balaban J connectivity index is 2.01. The first kappa shape index (κ1) is 13.3. The van der Waals surface area contributed by atoms with E-state index in [0.29, 0.717) is 26.3 Å². The third-order valence-corrected chi connectivity index (χ3v) is 3.64. The summed E-state index contributed by atoms with van der Waals surface area (Å²) in [6, 6.07) is -0.238. The number of carbonyl (C=O) groups excluding carboxylic acids is 2. The van der Waals surface area contributed by atoms with E-state index in [0.717, 1.165) is 19.4 Å². The Morgan fingerprint density at radius 2 is 1.83 bits per heavy atom. The highest BCUT2D eigenvalue weighted by Gasteiger charge is 2.37. The zero-order valence-electron chi connectivity index (χ0n) is 11.2. The highest BCUT2D eigenvalue weighted by atomic mass is 16.5. The Hall–Kier alpha value is -1.10. The highest BCUT2D eigenvalue weighted by molar-refractivity contribution is 5.89. The normalized spacial score (nSPS) is 24.7. The minimum absolute atomic E-state index is 0.0388. The fourth-order valence-electron chi connectivity index (χ4n) is 2.61. The topological polar surface area (TPSA) is 49.9 Å². The van der Waals surface area contributed by atoms with E-state index in [9.17, 15) is 9.59 Å². The van der Waals surface area contributed by atoms with Crippen molar-refractivity contribution in [1.82, 2.24) is 9.80 Å². The summed E-state index contributed by atoms with van der Waals surface area (Å²) in [5.41, 5.74) is 0. The Morgan fingerprint density at radius 1 is 1.17 bits per heavy atom. The van der Waals surface area contributed by atoms with Gasteiger partial charge in [-0.3, -0.25) is 9.59 Å². The number of rotatable bonds is 2. The number of ether oxygens (including phenoxy) is 1. The number of hydrogen-bond acceptors (Lipinski definition) is 3. The number of morpholine rings is 1. The Labute approximate surface area is 108 Å². The van der Waals surface area contributed by atoms with Gasteiger partial charge in [0.05, 0.1) is 13.2 Å². The van der Waals surface area contributed by atoms with Crippen LogP contribution in [0.5, 0.6) is 0 Å². The summed E-state index contributed by atoms with van der Waals surface area (Å²) in [6.07, 6.45) is 1.73. The molecule has 102 valence electrons. The van der Waals surface area contributed by atoms with Crippen molar-refractivity contribution in [2.24, 2.45) is 5.92 Å². The summed E-state index contributed by atoms with van der Waals surface area (Å²) in [7, 11) is 0. The third-order valence-electron chi connectivity index (χ3n) is 3.64. The second-order valence-electron chi connectivity index (χ2n) is 5.28. The van der Waals surface area contributed by atoms with Crippen molar-refractivity contribution in [3.8, 4) is 0 Å². The maximum absolute atomic E-state index is 12.4. The van der Waals surface area contributed by atoms with Crippen LogP contribution >= 0.6 is 0 Å². The van der Waals surface area contributed by atoms with E-state index in [4.69, 9.17) is 4.74 Å². The largest absolute Gasteiger partial charge is 0.378 e. The van der Waals surface area contributed by atoms with E-state index < -0.39 is 0 Å². The average molecular weight is 254 g/mol. The summed E-state index contributed by atoms with van der Waals surface area (Å²) in [5.74, 6) is 0.159. The summed E-state index contributed by atoms with van der Waals surface area (Å²) < 4.78 is 5.25. The van der Waals surface area contributed by atoms with Gasteiger partial charge in [0.1, 0.15) is 6.04 Å². The van der Waals surface area contributed by atoms with Crippen LogP contribution in [0.3, 0.4) is 0 Å². The first-order valence-corrected chi connectivity index (χ1v) is 6.78. The van der Waals surface area contributed by atoms with Gasteiger partial charge in [0, 0.05) is 25.6 Å². The van der Waals surface area contributed by atoms with E-state index in [2.05, 4.69) is 0 Å². The fraction of sp³-hybridized carbons (Fsp3) is 0.846. The molecule has 2 heterocycles. The Bertz CT molecular complexity index is 324. The van der Waals surface area contributed by atoms with Crippen molar-refractivity contribution in [3.05, 3.63) is 0 Å². The lowest BCUT2D eigenvalue weighted by Crippen LogP contribution is -2.51. The molecule has 2 aliphatic rings. The van der Waals surface area contributed by atoms with Crippen LogP contribution in [0.4, 0.5) is 0 Å². The second-order valence-corrected chi connectivity index (χ2v) is 5.28. The summed E-state index contributed by atoms with van der Waals surface area (Å²) in [4.78, 5) is 28.1. The van der Waals surface area contributed by atoms with Crippen molar-refractivity contribution in [3.63, 3.8) is 0 Å². The number of amides is 2. The van der Waals surface area contributed by atoms with Crippen molar-refractivity contribution >= 4 is 11.8 Å². The molecule has 18 heavy (non-hydrogen) atoms. The molecule has 0 aliphatic carbocycles. The molecule has 0 aromatic heterocycles. The fourth-order valence-corrected chi connectivity index (χ4v) is 2.61. The monoisotopic (exact) mass is 254 g/mol. The van der Waals surface area contributed by atoms with Crippen LogP contribution in [-0.4, -0.2) is 60.5 Å². The number of carbonyl (C=O) groups is 2. The molecule has 0 saturated carbocycles. The van der Waals surface area contributed by atoms with Crippen LogP contribution in [0.25, 0.3) is 0 Å². The average Bonchev–Trinajstić information content (AvgIpc) is 2.87. The molecule has 0 spiro atoms. The van der Waals surface area contributed by atoms with Crippen LogP contribution in [0, 0.1) is 5.92 Å². The standard InChI is InChI=1S/C13H22N2O3/c1-10(2)12(16)15-5-3-4-11(15)13(17)14-6-8-18-9-7-14/h10-11H,3-9H2,1-2H3/t11-/m0/s1. The molecule has 2 amide bonds. The minimum Gasteiger partial charge on any atom is -0.378 e. The lowest BCUT2D eigenvalue weighted by molar-refractivity contribution is -0.147. The molecule has 0 aromatic rings. The van der Waals surface area contributed by atoms with Crippen LogP contribution < -0.4 is 0 Å². The lowest BCUT2D eigenvalue weighted by atomic mass is 10.1. The molecule has 2 saturated heterocycles. The molecule has 0 bridgehead atoms. The van der Waals surface area contributed by atoms with Gasteiger partial charge in [-0.15, -0.1) is 0 Å². The van der Waals surface area contributed by atoms with Gasteiger partial charge in [-0.1, -0.05) is 13.8 Å². The highest BCUT2D eigenvalue weighted by Crippen LogP contribution is 2.22. The van der Waals surface area contributed by atoms with Crippen LogP contribution in [-0.2, 0) is 14.3 Å². The van der Waals surface area contributed by atoms with Crippen LogP contribution in [0.1, 0.15) is 26.7 Å². The Kier molecular flexibility index (Phi) is 4.22. The van der Waals surface area contributed by atoms with Gasteiger partial charge >= 0.3 is 0 Å². The van der Waals surface area contributed by atoms with Gasteiger partial charge in [-0.2, -0.15) is 0 Å². The summed E-state index contributed by atoms with van der Waals surface area (Å²) in [5, 5.41) is 0. The van der Waals surface area contributed by atoms with Crippen LogP contribution in [0.15, 0.2) is 0 Å². The molecule has 0 unspecified atom stereocenters. The van der Waals surface area contributed by atoms with Gasteiger partial charge in [0.15, 0.2) is 0 Å². The molecule has 2 fully saturated rings. The molecule has 2 rings (SSSR count). The van der Waals surface area contributed by atoms with Crippen LogP contribution in [0.2, 0.25) is 0 Å². The molecule has 0 aromatic carbocycles. The van der Waals surface area contributed by atoms with Crippen molar-refractivity contribution < 1.29 is 14.3 Å². The predicted molar refractivity (Wildman–Crippen MR) is 67.0 cm³/mol. The van der Waals surface area contributed by atoms with E-state index in [1.54, 1.807) is 4.90 Å². The van der Waals surface area contributed by atoms with Gasteiger partial charge < -0.3 is 14.5 Å². The number of nitrogens with zero attached hydrogens (tertiary/aromatic N) is 2. The van der Waals surface area contributed by atoms with E-state index in [1.165, 1.54) is 0 Å². The molecule has 5 nitrogen and oxygen atoms in total.